The summed E-state index contributed by atoms with van der Waals surface area (Å²) in [7, 11) is -3.39. The molecule has 0 aliphatic rings. The molecule has 0 bridgehead atoms. The summed E-state index contributed by atoms with van der Waals surface area (Å²) >= 11 is 0. The first-order valence-corrected chi connectivity index (χ1v) is 15.4. The van der Waals surface area contributed by atoms with Crippen LogP contribution in [-0.2, 0) is 40.1 Å². The fourth-order valence-electron chi connectivity index (χ4n) is 3.53. The summed E-state index contributed by atoms with van der Waals surface area (Å²) in [5, 5.41) is 5.48. The van der Waals surface area contributed by atoms with Crippen LogP contribution >= 0.6 is 0 Å². The van der Waals surface area contributed by atoms with Crippen LogP contribution in [-0.4, -0.2) is 74.9 Å². The Morgan fingerprint density at radius 2 is 1.62 bits per heavy atom. The highest BCUT2D eigenvalue weighted by molar-refractivity contribution is 7.90. The topological polar surface area (TPSA) is 137 Å². The molecule has 0 spiro atoms. The number of nitrogens with one attached hydrogen (secondary N) is 2. The molecule has 2 amide bonds. The summed E-state index contributed by atoms with van der Waals surface area (Å²) in [6.45, 7) is 12.6. The number of alkyl carbamates (subject to hydrolysis) is 1. The van der Waals surface area contributed by atoms with Gasteiger partial charge in [0, 0.05) is 12.7 Å². The van der Waals surface area contributed by atoms with Crippen LogP contribution in [0.15, 0.2) is 30.3 Å². The summed E-state index contributed by atoms with van der Waals surface area (Å²) in [5.74, 6) is -1.59. The van der Waals surface area contributed by atoms with Crippen molar-refractivity contribution in [1.29, 1.82) is 0 Å². The molecule has 0 aromatic heterocycles. The Morgan fingerprint density at radius 3 is 2.13 bits per heavy atom. The Labute approximate surface area is 233 Å². The molecule has 0 heterocycles. The van der Waals surface area contributed by atoms with Gasteiger partial charge in [-0.1, -0.05) is 50.6 Å². The van der Waals surface area contributed by atoms with Crippen molar-refractivity contribution in [2.45, 2.75) is 97.6 Å². The average Bonchev–Trinajstić information content (AvgIpc) is 2.81. The predicted molar refractivity (Wildman–Crippen MR) is 150 cm³/mol. The Balaban J connectivity index is 3.14. The number of benzene rings is 1. The zero-order chi connectivity index (χ0) is 29.8. The monoisotopic (exact) mass is 570 g/mol. The molecule has 10 nitrogen and oxygen atoms in total. The van der Waals surface area contributed by atoms with Crippen LogP contribution in [0.4, 0.5) is 4.79 Å². The van der Waals surface area contributed by atoms with Gasteiger partial charge >= 0.3 is 12.1 Å². The molecule has 39 heavy (non-hydrogen) atoms. The second kappa shape index (κ2) is 15.8. The lowest BCUT2D eigenvalue weighted by molar-refractivity contribution is -0.153. The van der Waals surface area contributed by atoms with Gasteiger partial charge in [0.25, 0.3) is 0 Å². The number of esters is 1. The smallest absolute Gasteiger partial charge is 0.407 e. The van der Waals surface area contributed by atoms with Crippen LogP contribution in [0.5, 0.6) is 0 Å². The fourth-order valence-corrected chi connectivity index (χ4v) is 4.19. The van der Waals surface area contributed by atoms with E-state index in [2.05, 4.69) is 10.6 Å². The van der Waals surface area contributed by atoms with E-state index in [1.165, 1.54) is 0 Å². The van der Waals surface area contributed by atoms with Gasteiger partial charge in [-0.15, -0.1) is 0 Å². The summed E-state index contributed by atoms with van der Waals surface area (Å²) in [4.78, 5) is 38.6. The number of sulfone groups is 1. The Morgan fingerprint density at radius 1 is 1.00 bits per heavy atom. The minimum Gasteiger partial charge on any atom is -0.461 e. The van der Waals surface area contributed by atoms with Gasteiger partial charge in [0.15, 0.2) is 0 Å². The Kier molecular flexibility index (Phi) is 13.9. The molecule has 1 rings (SSSR count). The lowest BCUT2D eigenvalue weighted by Crippen LogP contribution is -2.50. The highest BCUT2D eigenvalue weighted by Gasteiger charge is 2.30. The molecule has 1 aromatic rings. The van der Waals surface area contributed by atoms with Gasteiger partial charge in [0.2, 0.25) is 5.91 Å². The molecular weight excluding hydrogens is 524 g/mol. The summed E-state index contributed by atoms with van der Waals surface area (Å²) in [6.07, 6.45) is -0.179. The third kappa shape index (κ3) is 14.9. The molecule has 4 unspecified atom stereocenters. The molecule has 0 saturated heterocycles. The third-order valence-electron chi connectivity index (χ3n) is 5.80. The first kappa shape index (κ1) is 34.4. The number of carbonyl (C=O) groups is 3. The van der Waals surface area contributed by atoms with E-state index in [0.717, 1.165) is 18.2 Å². The lowest BCUT2D eigenvalue weighted by atomic mass is 10.00. The molecule has 0 aliphatic carbocycles. The van der Waals surface area contributed by atoms with E-state index in [0.29, 0.717) is 0 Å². The zero-order valence-electron chi connectivity index (χ0n) is 24.5. The van der Waals surface area contributed by atoms with E-state index in [9.17, 15) is 22.8 Å². The predicted octanol–water partition coefficient (Wildman–Crippen LogP) is 3.42. The Hall–Kier alpha value is -2.66. The third-order valence-corrected chi connectivity index (χ3v) is 6.77. The van der Waals surface area contributed by atoms with Crippen molar-refractivity contribution < 1.29 is 37.0 Å². The quantitative estimate of drug-likeness (QED) is 0.306. The molecule has 0 saturated carbocycles. The van der Waals surface area contributed by atoms with Gasteiger partial charge in [-0.05, 0) is 52.5 Å². The van der Waals surface area contributed by atoms with Gasteiger partial charge < -0.3 is 24.8 Å². The fraction of sp³-hybridized carbons (Fsp3) is 0.679. The van der Waals surface area contributed by atoms with E-state index in [1.54, 1.807) is 34.6 Å². The van der Waals surface area contributed by atoms with Crippen molar-refractivity contribution in [2.24, 2.45) is 5.92 Å². The number of rotatable bonds is 15. The van der Waals surface area contributed by atoms with Crippen molar-refractivity contribution in [1.82, 2.24) is 10.6 Å². The number of hydrogen-bond donors (Lipinski definition) is 2. The first-order chi connectivity index (χ1) is 18.0. The first-order valence-electron chi connectivity index (χ1n) is 13.3. The molecule has 11 heteroatoms. The number of carbonyl (C=O) groups excluding carboxylic acids is 3. The maximum absolute atomic E-state index is 13.4. The van der Waals surface area contributed by atoms with E-state index in [4.69, 9.17) is 14.2 Å². The van der Waals surface area contributed by atoms with Crippen LogP contribution in [0.3, 0.4) is 0 Å². The number of hydrogen-bond acceptors (Lipinski definition) is 8. The number of ether oxygens (including phenoxy) is 3. The lowest BCUT2D eigenvalue weighted by Gasteiger charge is -2.29. The SMILES string of the molecule is CCC(C)C(COC(Cc1ccccc1)C(=O)NC(CCS(C)(=O)=O)C(=O)OC(C)C)NC(=O)OC(C)(C)C. The van der Waals surface area contributed by atoms with Crippen molar-refractivity contribution in [3.8, 4) is 0 Å². The maximum atomic E-state index is 13.4. The normalized spacial score (nSPS) is 15.1. The summed E-state index contributed by atoms with van der Waals surface area (Å²) in [5.41, 5.74) is 0.155. The highest BCUT2D eigenvalue weighted by atomic mass is 32.2. The van der Waals surface area contributed by atoms with Crippen molar-refractivity contribution in [2.75, 3.05) is 18.6 Å². The van der Waals surface area contributed by atoms with Crippen molar-refractivity contribution in [3.05, 3.63) is 35.9 Å². The largest absolute Gasteiger partial charge is 0.461 e. The molecule has 0 fully saturated rings. The minimum atomic E-state index is -3.39. The summed E-state index contributed by atoms with van der Waals surface area (Å²) < 4.78 is 40.2. The molecule has 0 radical (unpaired) electrons. The maximum Gasteiger partial charge on any atom is 0.407 e. The van der Waals surface area contributed by atoms with Gasteiger partial charge in [-0.25, -0.2) is 18.0 Å². The van der Waals surface area contributed by atoms with Crippen LogP contribution in [0.1, 0.15) is 66.9 Å². The van der Waals surface area contributed by atoms with Crippen molar-refractivity contribution >= 4 is 27.8 Å². The zero-order valence-corrected chi connectivity index (χ0v) is 25.3. The molecule has 4 atom stereocenters. The second-order valence-corrected chi connectivity index (χ2v) is 13.4. The molecule has 0 aliphatic heterocycles. The van der Waals surface area contributed by atoms with E-state index >= 15 is 0 Å². The van der Waals surface area contributed by atoms with Crippen LogP contribution < -0.4 is 10.6 Å². The average molecular weight is 571 g/mol. The molecule has 222 valence electrons. The molecular formula is C28H46N2O8S. The molecule has 1 aromatic carbocycles. The summed E-state index contributed by atoms with van der Waals surface area (Å²) in [6, 6.07) is 7.62. The van der Waals surface area contributed by atoms with Crippen molar-refractivity contribution in [3.63, 3.8) is 0 Å². The van der Waals surface area contributed by atoms with Gasteiger partial charge in [-0.2, -0.15) is 0 Å². The number of amides is 2. The van der Waals surface area contributed by atoms with Gasteiger partial charge in [0.1, 0.15) is 27.6 Å². The van der Waals surface area contributed by atoms with E-state index < -0.39 is 57.7 Å². The van der Waals surface area contributed by atoms with Crippen LogP contribution in [0.25, 0.3) is 0 Å². The second-order valence-electron chi connectivity index (χ2n) is 11.1. The van der Waals surface area contributed by atoms with Gasteiger partial charge in [0.05, 0.1) is 24.5 Å². The van der Waals surface area contributed by atoms with E-state index in [1.807, 2.05) is 44.2 Å². The highest BCUT2D eigenvalue weighted by Crippen LogP contribution is 2.14. The van der Waals surface area contributed by atoms with Gasteiger partial charge in [-0.3, -0.25) is 4.79 Å². The standard InChI is InChI=1S/C28H46N2O8S/c1-9-20(4)23(30-27(33)38-28(5,6)7)18-36-24(17-21-13-11-10-12-14-21)25(31)29-22(15-16-39(8,34)35)26(32)37-19(2)3/h10-14,19-20,22-24H,9,15-18H2,1-8H3,(H,29,31)(H,30,33). The molecule has 2 N–H and O–H groups in total. The Bertz CT molecular complexity index is 1020. The van der Waals surface area contributed by atoms with E-state index in [-0.39, 0.29) is 31.1 Å². The van der Waals surface area contributed by atoms with Crippen LogP contribution in [0, 0.1) is 5.92 Å². The minimum absolute atomic E-state index is 0.0153. The van der Waals surface area contributed by atoms with Crippen LogP contribution in [0.2, 0.25) is 0 Å².